The summed E-state index contributed by atoms with van der Waals surface area (Å²) in [6.07, 6.45) is 0. The van der Waals surface area contributed by atoms with Crippen LogP contribution < -0.4 is 41.9 Å². The minimum atomic E-state index is -2.17. The van der Waals surface area contributed by atoms with E-state index in [9.17, 15) is 0 Å². The summed E-state index contributed by atoms with van der Waals surface area (Å²) < 4.78 is 0. The Kier molecular flexibility index (Phi) is 60.7. The Bertz CT molecular complexity index is 39.0. The van der Waals surface area contributed by atoms with Gasteiger partial charge in [0, 0.05) is 0 Å². The zero-order valence-corrected chi connectivity index (χ0v) is 8.25. The molecule has 0 aliphatic heterocycles. The second kappa shape index (κ2) is 22.4. The molecule has 0 aliphatic carbocycles. The van der Waals surface area contributed by atoms with Crippen molar-refractivity contribution in [3.8, 4) is 0 Å². The first-order valence-electron chi connectivity index (χ1n) is 1.55. The molecule has 11 heavy (non-hydrogen) atoms. The van der Waals surface area contributed by atoms with Crippen molar-refractivity contribution < 1.29 is 61.1 Å². The van der Waals surface area contributed by atoms with Gasteiger partial charge in [0.2, 0.25) is 0 Å². The van der Waals surface area contributed by atoms with Crippen LogP contribution in [0.3, 0.4) is 0 Å². The van der Waals surface area contributed by atoms with Crippen LogP contribution in [0.5, 0.6) is 0 Å². The average molecular weight is 182 g/mol. The molecule has 0 saturated carbocycles. The topological polar surface area (TPSA) is 191 Å². The summed E-state index contributed by atoms with van der Waals surface area (Å²) >= 11 is 0. The van der Waals surface area contributed by atoms with Gasteiger partial charge < -0.3 is 43.9 Å². The van der Waals surface area contributed by atoms with E-state index in [0.717, 1.165) is 0 Å². The van der Waals surface area contributed by atoms with Crippen molar-refractivity contribution in [2.45, 2.75) is 0 Å². The summed E-state index contributed by atoms with van der Waals surface area (Å²) in [4.78, 5) is 0. The van der Waals surface area contributed by atoms with Crippen LogP contribution in [0.25, 0.3) is 0 Å². The van der Waals surface area contributed by atoms with Gasteiger partial charge >= 0.3 is 44.2 Å². The van der Waals surface area contributed by atoms with Gasteiger partial charge in [0.1, 0.15) is 0 Å². The van der Waals surface area contributed by atoms with Crippen molar-refractivity contribution >= 4 is 14.6 Å². The fourth-order valence-electron chi connectivity index (χ4n) is 0. The molecule has 0 spiro atoms. The van der Waals surface area contributed by atoms with Gasteiger partial charge in [-0.05, 0) is 0 Å². The molecule has 0 saturated heterocycles. The van der Waals surface area contributed by atoms with Gasteiger partial charge in [0.15, 0.2) is 0 Å². The van der Waals surface area contributed by atoms with Gasteiger partial charge in [-0.15, -0.1) is 0 Å². The molecule has 0 radical (unpaired) electrons. The summed E-state index contributed by atoms with van der Waals surface area (Å²) in [7, 11) is -4.33. The van der Waals surface area contributed by atoms with Crippen LogP contribution in [-0.2, 0) is 0 Å². The molecule has 0 amide bonds. The third-order valence-corrected chi connectivity index (χ3v) is 0. The molecule has 0 unspecified atom stereocenters. The predicted molar refractivity (Wildman–Crippen MR) is 36.0 cm³/mol. The average Bonchev–Trinajstić information content (AvgIpc) is 1.25. The molecular formula is H13B2N2NaO6. The maximum absolute atomic E-state index is 7.17. The van der Waals surface area contributed by atoms with Crippen molar-refractivity contribution in [2.75, 3.05) is 0 Å². The first kappa shape index (κ1) is 29.8. The molecule has 0 aliphatic rings. The Balaban J connectivity index is -0.0000000112. The SMILES string of the molecule is N.N.OB(O)O.OB(O)O.[H-].[Na+]. The summed E-state index contributed by atoms with van der Waals surface area (Å²) in [5.41, 5.74) is 0. The first-order valence-corrected chi connectivity index (χ1v) is 1.55. The van der Waals surface area contributed by atoms with E-state index in [0.29, 0.717) is 0 Å². The molecule has 11 heteroatoms. The smallest absolute Gasteiger partial charge is 1.00 e. The molecular weight excluding hydrogens is 169 g/mol. The van der Waals surface area contributed by atoms with Gasteiger partial charge in [-0.1, -0.05) is 0 Å². The van der Waals surface area contributed by atoms with Gasteiger partial charge in [-0.3, -0.25) is 0 Å². The van der Waals surface area contributed by atoms with Crippen molar-refractivity contribution in [3.63, 3.8) is 0 Å². The molecule has 66 valence electrons. The van der Waals surface area contributed by atoms with E-state index in [2.05, 4.69) is 0 Å². The Morgan fingerprint density at radius 2 is 0.636 bits per heavy atom. The van der Waals surface area contributed by atoms with E-state index < -0.39 is 14.6 Å². The van der Waals surface area contributed by atoms with E-state index in [1.54, 1.807) is 0 Å². The summed E-state index contributed by atoms with van der Waals surface area (Å²) in [6.45, 7) is 0. The molecule has 0 bridgehead atoms. The van der Waals surface area contributed by atoms with Crippen LogP contribution in [0.4, 0.5) is 0 Å². The summed E-state index contributed by atoms with van der Waals surface area (Å²) in [6, 6.07) is 0. The fourth-order valence-corrected chi connectivity index (χ4v) is 0. The van der Waals surface area contributed by atoms with Gasteiger partial charge in [0.25, 0.3) is 0 Å². The molecule has 12 N–H and O–H groups in total. The fraction of sp³-hybridized carbons (Fsp3) is 0. The van der Waals surface area contributed by atoms with Crippen LogP contribution in [0.15, 0.2) is 0 Å². The maximum atomic E-state index is 7.17. The Labute approximate surface area is 88.2 Å². The Hall–Kier alpha value is 0.810. The van der Waals surface area contributed by atoms with Crippen molar-refractivity contribution in [2.24, 2.45) is 0 Å². The van der Waals surface area contributed by atoms with Crippen LogP contribution in [0.2, 0.25) is 0 Å². The van der Waals surface area contributed by atoms with Gasteiger partial charge in [0.05, 0.1) is 0 Å². The molecule has 0 heterocycles. The zero-order valence-electron chi connectivity index (χ0n) is 7.25. The van der Waals surface area contributed by atoms with E-state index in [1.807, 2.05) is 0 Å². The number of rotatable bonds is 0. The third kappa shape index (κ3) is 1280. The van der Waals surface area contributed by atoms with Crippen molar-refractivity contribution in [3.05, 3.63) is 0 Å². The number of hydrogen-bond donors (Lipinski definition) is 8. The second-order valence-corrected chi connectivity index (χ2v) is 0.693. The van der Waals surface area contributed by atoms with E-state index >= 15 is 0 Å². The normalized spacial score (nSPS) is 4.91. The quantitative estimate of drug-likeness (QED) is 0.169. The Morgan fingerprint density at radius 1 is 0.636 bits per heavy atom. The summed E-state index contributed by atoms with van der Waals surface area (Å²) in [5.74, 6) is 0. The van der Waals surface area contributed by atoms with E-state index in [-0.39, 0.29) is 43.3 Å². The largest absolute Gasteiger partial charge is 1.00 e. The minimum Gasteiger partial charge on any atom is -1.00 e. The monoisotopic (exact) mass is 182 g/mol. The van der Waals surface area contributed by atoms with Crippen LogP contribution in [0, 0.1) is 0 Å². The Morgan fingerprint density at radius 3 is 0.636 bits per heavy atom. The maximum Gasteiger partial charge on any atom is 1.00 e. The van der Waals surface area contributed by atoms with Crippen LogP contribution >= 0.6 is 0 Å². The van der Waals surface area contributed by atoms with Gasteiger partial charge in [-0.25, -0.2) is 0 Å². The third-order valence-electron chi connectivity index (χ3n) is 0. The molecule has 0 aromatic carbocycles. The second-order valence-electron chi connectivity index (χ2n) is 0.693. The van der Waals surface area contributed by atoms with Crippen molar-refractivity contribution in [1.29, 1.82) is 0 Å². The van der Waals surface area contributed by atoms with Crippen molar-refractivity contribution in [1.82, 2.24) is 12.3 Å². The van der Waals surface area contributed by atoms with Gasteiger partial charge in [-0.2, -0.15) is 0 Å². The van der Waals surface area contributed by atoms with E-state index in [1.165, 1.54) is 0 Å². The predicted octanol–water partition coefficient (Wildman–Crippen LogP) is -6.66. The molecule has 0 atom stereocenters. The number of hydrogen-bond acceptors (Lipinski definition) is 8. The van der Waals surface area contributed by atoms with E-state index in [4.69, 9.17) is 30.1 Å². The standard InChI is InChI=1S/2BH3O3.2H3N.Na.H/c2*2-1(3)4;;;;/h2*2-4H;2*1H3;;/q;;;;+1;-1. The molecule has 8 nitrogen and oxygen atoms in total. The van der Waals surface area contributed by atoms with Crippen LogP contribution in [0.1, 0.15) is 1.43 Å². The summed E-state index contributed by atoms with van der Waals surface area (Å²) in [5, 5.41) is 43.0. The first-order chi connectivity index (χ1) is 3.46. The minimum absolute atomic E-state index is 0. The molecule has 0 rings (SSSR count). The molecule has 0 fully saturated rings. The zero-order chi connectivity index (χ0) is 7.15. The van der Waals surface area contributed by atoms with Crippen LogP contribution in [-0.4, -0.2) is 44.8 Å². The molecule has 0 aromatic rings. The molecule has 0 aromatic heterocycles.